The molecule has 0 radical (unpaired) electrons. The average molecular weight is 278 g/mol. The predicted molar refractivity (Wildman–Crippen MR) is 75.0 cm³/mol. The van der Waals surface area contributed by atoms with Crippen molar-refractivity contribution in [2.75, 3.05) is 5.32 Å². The van der Waals surface area contributed by atoms with E-state index in [2.05, 4.69) is 5.32 Å². The van der Waals surface area contributed by atoms with Gasteiger partial charge < -0.3 is 10.2 Å². The zero-order valence-electron chi connectivity index (χ0n) is 11.9. The number of amides is 2. The van der Waals surface area contributed by atoms with Gasteiger partial charge in [-0.2, -0.15) is 0 Å². The van der Waals surface area contributed by atoms with Gasteiger partial charge in [0.2, 0.25) is 5.91 Å². The van der Waals surface area contributed by atoms with Gasteiger partial charge in [-0.1, -0.05) is 0 Å². The highest BCUT2D eigenvalue weighted by atomic mass is 19.1. The minimum atomic E-state index is -0.542. The summed E-state index contributed by atoms with van der Waals surface area (Å²) in [4.78, 5) is 25.4. The van der Waals surface area contributed by atoms with E-state index >= 15 is 0 Å². The maximum atomic E-state index is 13.6. The molecule has 2 amide bonds. The van der Waals surface area contributed by atoms with Crippen LogP contribution in [0.2, 0.25) is 0 Å². The molecule has 1 aliphatic carbocycles. The molecule has 0 unspecified atom stereocenters. The number of hydrogen-bond acceptors (Lipinski definition) is 2. The molecule has 1 fully saturated rings. The van der Waals surface area contributed by atoms with Crippen LogP contribution in [-0.2, 0) is 4.79 Å². The van der Waals surface area contributed by atoms with E-state index in [1.807, 2.05) is 18.7 Å². The predicted octanol–water partition coefficient (Wildman–Crippen LogP) is 2.80. The molecule has 0 aromatic heterocycles. The normalized spacial score (nSPS) is 14.2. The summed E-state index contributed by atoms with van der Waals surface area (Å²) in [5, 5.41) is 2.40. The van der Waals surface area contributed by atoms with Crippen molar-refractivity contribution < 1.29 is 14.0 Å². The lowest BCUT2D eigenvalue weighted by Crippen LogP contribution is -2.38. The Kier molecular flexibility index (Phi) is 4.06. The molecule has 5 heteroatoms. The number of benzene rings is 1. The minimum Gasteiger partial charge on any atom is -0.333 e. The second-order valence-electron chi connectivity index (χ2n) is 5.41. The van der Waals surface area contributed by atoms with Gasteiger partial charge in [-0.3, -0.25) is 9.59 Å². The molecule has 0 atom stereocenters. The molecule has 1 aromatic rings. The van der Waals surface area contributed by atoms with Gasteiger partial charge in [-0.25, -0.2) is 4.39 Å². The summed E-state index contributed by atoms with van der Waals surface area (Å²) in [5.41, 5.74) is 0.443. The molecule has 108 valence electrons. The summed E-state index contributed by atoms with van der Waals surface area (Å²) in [6.45, 7) is 5.24. The third-order valence-corrected chi connectivity index (χ3v) is 3.26. The first-order valence-corrected chi connectivity index (χ1v) is 6.80. The summed E-state index contributed by atoms with van der Waals surface area (Å²) in [6.07, 6.45) is 2.04. The number of carbonyl (C=O) groups is 2. The van der Waals surface area contributed by atoms with E-state index in [0.717, 1.165) is 12.8 Å². The van der Waals surface area contributed by atoms with Crippen LogP contribution in [0.15, 0.2) is 18.2 Å². The first kappa shape index (κ1) is 14.5. The Morgan fingerprint density at radius 1 is 1.35 bits per heavy atom. The van der Waals surface area contributed by atoms with Gasteiger partial charge in [-0.05, 0) is 44.9 Å². The average Bonchev–Trinajstić information content (AvgIpc) is 3.15. The van der Waals surface area contributed by atoms with Gasteiger partial charge in [0.15, 0.2) is 0 Å². The Balaban J connectivity index is 2.27. The molecule has 0 saturated heterocycles. The maximum absolute atomic E-state index is 13.6. The van der Waals surface area contributed by atoms with Gasteiger partial charge in [0.25, 0.3) is 5.91 Å². The summed E-state index contributed by atoms with van der Waals surface area (Å²) in [7, 11) is 0. The number of rotatable bonds is 4. The number of carbonyl (C=O) groups excluding carboxylic acids is 2. The van der Waals surface area contributed by atoms with Crippen molar-refractivity contribution in [1.82, 2.24) is 4.90 Å². The van der Waals surface area contributed by atoms with E-state index in [-0.39, 0.29) is 29.6 Å². The fourth-order valence-electron chi connectivity index (χ4n) is 2.27. The number of nitrogens with zero attached hydrogens (tertiary/aromatic N) is 1. The van der Waals surface area contributed by atoms with Gasteiger partial charge in [0.1, 0.15) is 5.82 Å². The quantitative estimate of drug-likeness (QED) is 0.920. The lowest BCUT2D eigenvalue weighted by molar-refractivity contribution is -0.114. The van der Waals surface area contributed by atoms with Crippen molar-refractivity contribution >= 4 is 17.5 Å². The number of hydrogen-bond donors (Lipinski definition) is 1. The van der Waals surface area contributed by atoms with Crippen molar-refractivity contribution in [3.8, 4) is 0 Å². The van der Waals surface area contributed by atoms with Gasteiger partial charge in [-0.15, -0.1) is 0 Å². The summed E-state index contributed by atoms with van der Waals surface area (Å²) >= 11 is 0. The fourth-order valence-corrected chi connectivity index (χ4v) is 2.27. The van der Waals surface area contributed by atoms with E-state index in [1.165, 1.54) is 25.1 Å². The lowest BCUT2D eigenvalue weighted by atomic mass is 10.1. The fraction of sp³-hybridized carbons (Fsp3) is 0.467. The van der Waals surface area contributed by atoms with Crippen LogP contribution in [0.5, 0.6) is 0 Å². The number of halogens is 1. The van der Waals surface area contributed by atoms with Crippen LogP contribution in [0.25, 0.3) is 0 Å². The van der Waals surface area contributed by atoms with E-state index in [9.17, 15) is 14.0 Å². The van der Waals surface area contributed by atoms with Crippen LogP contribution >= 0.6 is 0 Å². The highest BCUT2D eigenvalue weighted by molar-refractivity contribution is 5.97. The molecule has 4 nitrogen and oxygen atoms in total. The van der Waals surface area contributed by atoms with Crippen LogP contribution < -0.4 is 5.32 Å². The standard InChI is InChI=1S/C15H19FN2O2/c1-9(2)18(12-5-6-12)15(20)11-4-7-13(16)14(8-11)17-10(3)19/h4,7-9,12H,5-6H2,1-3H3,(H,17,19). The molecular weight excluding hydrogens is 259 g/mol. The van der Waals surface area contributed by atoms with Crippen molar-refractivity contribution in [2.45, 2.75) is 45.7 Å². The van der Waals surface area contributed by atoms with Crippen LogP contribution in [0.3, 0.4) is 0 Å². The van der Waals surface area contributed by atoms with Crippen molar-refractivity contribution in [2.24, 2.45) is 0 Å². The van der Waals surface area contributed by atoms with E-state index in [0.29, 0.717) is 5.56 Å². The van der Waals surface area contributed by atoms with Gasteiger partial charge >= 0.3 is 0 Å². The van der Waals surface area contributed by atoms with E-state index < -0.39 is 5.82 Å². The smallest absolute Gasteiger partial charge is 0.254 e. The Hall–Kier alpha value is -1.91. The second kappa shape index (κ2) is 5.61. The molecule has 0 bridgehead atoms. The van der Waals surface area contributed by atoms with Crippen LogP contribution in [0, 0.1) is 5.82 Å². The molecule has 1 saturated carbocycles. The Bertz CT molecular complexity index is 537. The Morgan fingerprint density at radius 3 is 2.50 bits per heavy atom. The molecule has 0 aliphatic heterocycles. The highest BCUT2D eigenvalue weighted by Crippen LogP contribution is 2.30. The largest absolute Gasteiger partial charge is 0.333 e. The van der Waals surface area contributed by atoms with E-state index in [4.69, 9.17) is 0 Å². The number of nitrogens with one attached hydrogen (secondary N) is 1. The maximum Gasteiger partial charge on any atom is 0.254 e. The number of anilines is 1. The van der Waals surface area contributed by atoms with Crippen molar-refractivity contribution in [3.05, 3.63) is 29.6 Å². The summed E-state index contributed by atoms with van der Waals surface area (Å²) < 4.78 is 13.6. The van der Waals surface area contributed by atoms with Crippen LogP contribution in [0.1, 0.15) is 44.0 Å². The summed E-state index contributed by atoms with van der Waals surface area (Å²) in [6, 6.07) is 4.46. The molecule has 0 heterocycles. The lowest BCUT2D eigenvalue weighted by Gasteiger charge is -2.27. The SMILES string of the molecule is CC(=O)Nc1cc(C(=O)N(C(C)C)C2CC2)ccc1F. The van der Waals surface area contributed by atoms with Crippen LogP contribution in [-0.4, -0.2) is 28.8 Å². The zero-order chi connectivity index (χ0) is 14.9. The minimum absolute atomic E-state index is 0.0443. The molecule has 1 aliphatic rings. The zero-order valence-corrected chi connectivity index (χ0v) is 11.9. The highest BCUT2D eigenvalue weighted by Gasteiger charge is 2.34. The Labute approximate surface area is 118 Å². The monoisotopic (exact) mass is 278 g/mol. The Morgan fingerprint density at radius 2 is 2.00 bits per heavy atom. The van der Waals surface area contributed by atoms with E-state index in [1.54, 1.807) is 0 Å². The van der Waals surface area contributed by atoms with Gasteiger partial charge in [0, 0.05) is 24.6 Å². The third kappa shape index (κ3) is 3.15. The second-order valence-corrected chi connectivity index (χ2v) is 5.41. The third-order valence-electron chi connectivity index (χ3n) is 3.26. The topological polar surface area (TPSA) is 49.4 Å². The summed E-state index contributed by atoms with van der Waals surface area (Å²) in [5.74, 6) is -1.02. The van der Waals surface area contributed by atoms with Gasteiger partial charge in [0.05, 0.1) is 5.69 Å². The molecule has 1 N–H and O–H groups in total. The first-order chi connectivity index (χ1) is 9.40. The molecule has 2 rings (SSSR count). The van der Waals surface area contributed by atoms with Crippen molar-refractivity contribution in [3.63, 3.8) is 0 Å². The van der Waals surface area contributed by atoms with Crippen LogP contribution in [0.4, 0.5) is 10.1 Å². The first-order valence-electron chi connectivity index (χ1n) is 6.80. The molecular formula is C15H19FN2O2. The van der Waals surface area contributed by atoms with Crippen molar-refractivity contribution in [1.29, 1.82) is 0 Å². The molecule has 1 aromatic carbocycles. The molecule has 20 heavy (non-hydrogen) atoms. The molecule has 0 spiro atoms.